The van der Waals surface area contributed by atoms with Crippen LogP contribution < -0.4 is 5.32 Å². The van der Waals surface area contributed by atoms with Gasteiger partial charge in [-0.3, -0.25) is 0 Å². The Hall–Kier alpha value is -0.130. The summed E-state index contributed by atoms with van der Waals surface area (Å²) >= 11 is 0. The fourth-order valence-electron chi connectivity index (χ4n) is 2.04. The molecule has 0 aromatic rings. The molecule has 1 N–H and O–H groups in total. The zero-order valence-electron chi connectivity index (χ0n) is 10.4. The second-order valence-electron chi connectivity index (χ2n) is 4.51. The van der Waals surface area contributed by atoms with Crippen molar-refractivity contribution in [3.8, 4) is 0 Å². The van der Waals surface area contributed by atoms with Crippen LogP contribution in [0.4, 0.5) is 0 Å². The predicted molar refractivity (Wildman–Crippen MR) is 65.4 cm³/mol. The van der Waals surface area contributed by atoms with Gasteiger partial charge in [-0.25, -0.2) is 8.42 Å². The van der Waals surface area contributed by atoms with Gasteiger partial charge in [0.2, 0.25) is 0 Å². The molecule has 0 aromatic carbocycles. The molecule has 1 fully saturated rings. The van der Waals surface area contributed by atoms with E-state index < -0.39 is 9.84 Å². The molecule has 0 aromatic heterocycles. The van der Waals surface area contributed by atoms with Crippen LogP contribution in [0.15, 0.2) is 0 Å². The van der Waals surface area contributed by atoms with Gasteiger partial charge in [-0.05, 0) is 33.2 Å². The molecule has 0 saturated carbocycles. The molecule has 16 heavy (non-hydrogen) atoms. The minimum atomic E-state index is -3.06. The number of rotatable bonds is 6. The average Bonchev–Trinajstić information content (AvgIpc) is 2.65. The molecule has 0 bridgehead atoms. The van der Waals surface area contributed by atoms with Gasteiger partial charge in [0.15, 0.2) is 9.84 Å². The molecule has 1 saturated heterocycles. The maximum atomic E-state index is 12.2. The Morgan fingerprint density at radius 1 is 1.50 bits per heavy atom. The Bertz CT molecular complexity index is 302. The van der Waals surface area contributed by atoms with Crippen molar-refractivity contribution in [1.82, 2.24) is 5.32 Å². The first-order chi connectivity index (χ1) is 7.50. The van der Waals surface area contributed by atoms with Crippen LogP contribution in [0.3, 0.4) is 0 Å². The van der Waals surface area contributed by atoms with Gasteiger partial charge in [0.1, 0.15) is 0 Å². The zero-order chi connectivity index (χ0) is 12.2. The Morgan fingerprint density at radius 3 is 2.69 bits per heavy atom. The van der Waals surface area contributed by atoms with Crippen molar-refractivity contribution in [1.29, 1.82) is 0 Å². The monoisotopic (exact) mass is 249 g/mol. The first kappa shape index (κ1) is 13.9. The van der Waals surface area contributed by atoms with E-state index in [-0.39, 0.29) is 16.6 Å². The van der Waals surface area contributed by atoms with Crippen molar-refractivity contribution in [3.05, 3.63) is 0 Å². The van der Waals surface area contributed by atoms with Gasteiger partial charge < -0.3 is 10.1 Å². The molecule has 0 radical (unpaired) electrons. The second kappa shape index (κ2) is 5.98. The van der Waals surface area contributed by atoms with E-state index in [4.69, 9.17) is 4.74 Å². The van der Waals surface area contributed by atoms with Crippen molar-refractivity contribution in [2.24, 2.45) is 0 Å². The molecule has 1 aliphatic rings. The molecule has 0 amide bonds. The highest BCUT2D eigenvalue weighted by molar-refractivity contribution is 7.92. The number of nitrogens with one attached hydrogen (secondary N) is 1. The van der Waals surface area contributed by atoms with E-state index >= 15 is 0 Å². The van der Waals surface area contributed by atoms with Crippen LogP contribution in [0.1, 0.15) is 33.6 Å². The van der Waals surface area contributed by atoms with Gasteiger partial charge in [-0.2, -0.15) is 0 Å². The van der Waals surface area contributed by atoms with Crippen LogP contribution in [-0.2, 0) is 14.6 Å². The van der Waals surface area contributed by atoms with Gasteiger partial charge >= 0.3 is 0 Å². The molecule has 0 aliphatic carbocycles. The number of hydrogen-bond donors (Lipinski definition) is 1. The van der Waals surface area contributed by atoms with Crippen LogP contribution in [0.5, 0.6) is 0 Å². The van der Waals surface area contributed by atoms with E-state index in [1.807, 2.05) is 6.92 Å². The van der Waals surface area contributed by atoms with Gasteiger partial charge in [-0.1, -0.05) is 6.92 Å². The summed E-state index contributed by atoms with van der Waals surface area (Å²) in [7, 11) is -3.06. The molecular weight excluding hydrogens is 226 g/mol. The molecule has 1 aliphatic heterocycles. The summed E-state index contributed by atoms with van der Waals surface area (Å²) in [6.07, 6.45) is 1.51. The summed E-state index contributed by atoms with van der Waals surface area (Å²) in [5.41, 5.74) is 0. The molecule has 5 heteroatoms. The Balaban J connectivity index is 2.55. The lowest BCUT2D eigenvalue weighted by Crippen LogP contribution is -2.40. The summed E-state index contributed by atoms with van der Waals surface area (Å²) in [5, 5.41) is 2.52. The van der Waals surface area contributed by atoms with Crippen molar-refractivity contribution >= 4 is 9.84 Å². The van der Waals surface area contributed by atoms with E-state index in [2.05, 4.69) is 12.2 Å². The molecule has 3 unspecified atom stereocenters. The Labute approximate surface area is 98.7 Å². The highest BCUT2D eigenvalue weighted by Gasteiger charge is 2.38. The maximum Gasteiger partial charge on any atom is 0.159 e. The van der Waals surface area contributed by atoms with Gasteiger partial charge in [0, 0.05) is 13.2 Å². The fourth-order valence-corrected chi connectivity index (χ4v) is 4.02. The summed E-state index contributed by atoms with van der Waals surface area (Å²) < 4.78 is 29.8. The van der Waals surface area contributed by atoms with E-state index in [0.29, 0.717) is 19.6 Å². The van der Waals surface area contributed by atoms with Gasteiger partial charge in [0.25, 0.3) is 0 Å². The standard InChI is InChI=1S/C11H23NO3S/c1-4-6-12-8-9(2)16(13,14)11-5-7-15-10(11)3/h9-12H,4-8H2,1-3H3. The second-order valence-corrected chi connectivity index (χ2v) is 7.10. The van der Waals surface area contributed by atoms with Crippen LogP contribution in [0, 0.1) is 0 Å². The first-order valence-electron chi connectivity index (χ1n) is 6.05. The molecule has 1 heterocycles. The fraction of sp³-hybridized carbons (Fsp3) is 1.00. The molecule has 3 atom stereocenters. The van der Waals surface area contributed by atoms with E-state index in [9.17, 15) is 8.42 Å². The minimum Gasteiger partial charge on any atom is -0.377 e. The van der Waals surface area contributed by atoms with Crippen LogP contribution >= 0.6 is 0 Å². The maximum absolute atomic E-state index is 12.2. The zero-order valence-corrected chi connectivity index (χ0v) is 11.2. The van der Waals surface area contributed by atoms with Crippen LogP contribution in [0.25, 0.3) is 0 Å². The van der Waals surface area contributed by atoms with E-state index in [1.165, 1.54) is 0 Å². The van der Waals surface area contributed by atoms with E-state index in [1.54, 1.807) is 6.92 Å². The number of ether oxygens (including phenoxy) is 1. The normalized spacial score (nSPS) is 28.2. The lowest BCUT2D eigenvalue weighted by Gasteiger charge is -2.20. The Morgan fingerprint density at radius 2 is 2.19 bits per heavy atom. The Kier molecular flexibility index (Phi) is 5.21. The highest BCUT2D eigenvalue weighted by atomic mass is 32.2. The summed E-state index contributed by atoms with van der Waals surface area (Å²) in [4.78, 5) is 0. The molecule has 1 rings (SSSR count). The number of sulfone groups is 1. The largest absolute Gasteiger partial charge is 0.377 e. The summed E-state index contributed by atoms with van der Waals surface area (Å²) in [6, 6.07) is 0. The van der Waals surface area contributed by atoms with Crippen molar-refractivity contribution in [3.63, 3.8) is 0 Å². The molecular formula is C11H23NO3S. The SMILES string of the molecule is CCCNCC(C)S(=O)(=O)C1CCOC1C. The van der Waals surface area contributed by atoms with Crippen molar-refractivity contribution in [2.75, 3.05) is 19.7 Å². The summed E-state index contributed by atoms with van der Waals surface area (Å²) in [6.45, 7) is 7.68. The first-order valence-corrected chi connectivity index (χ1v) is 7.66. The smallest absolute Gasteiger partial charge is 0.159 e. The minimum absolute atomic E-state index is 0.154. The van der Waals surface area contributed by atoms with Crippen molar-refractivity contribution < 1.29 is 13.2 Å². The third kappa shape index (κ3) is 3.18. The molecule has 0 spiro atoms. The van der Waals surface area contributed by atoms with Crippen LogP contribution in [-0.4, -0.2) is 44.7 Å². The molecule has 4 nitrogen and oxygen atoms in total. The topological polar surface area (TPSA) is 55.4 Å². The predicted octanol–water partition coefficient (Wildman–Crippen LogP) is 0.967. The summed E-state index contributed by atoms with van der Waals surface area (Å²) in [5.74, 6) is 0. The van der Waals surface area contributed by atoms with Gasteiger partial charge in [0.05, 0.1) is 16.6 Å². The third-order valence-corrected chi connectivity index (χ3v) is 5.90. The van der Waals surface area contributed by atoms with Crippen LogP contribution in [0.2, 0.25) is 0 Å². The third-order valence-electron chi connectivity index (χ3n) is 3.15. The number of hydrogen-bond acceptors (Lipinski definition) is 4. The average molecular weight is 249 g/mol. The lowest BCUT2D eigenvalue weighted by molar-refractivity contribution is 0.126. The lowest BCUT2D eigenvalue weighted by atomic mass is 10.3. The highest BCUT2D eigenvalue weighted by Crippen LogP contribution is 2.23. The van der Waals surface area contributed by atoms with Crippen molar-refractivity contribution in [2.45, 2.75) is 50.2 Å². The molecule has 96 valence electrons. The van der Waals surface area contributed by atoms with Gasteiger partial charge in [-0.15, -0.1) is 0 Å². The van der Waals surface area contributed by atoms with E-state index in [0.717, 1.165) is 13.0 Å². The quantitative estimate of drug-likeness (QED) is 0.713.